The highest BCUT2D eigenvalue weighted by molar-refractivity contribution is 7.89. The van der Waals surface area contributed by atoms with E-state index in [4.69, 9.17) is 0 Å². The van der Waals surface area contributed by atoms with Gasteiger partial charge in [0.1, 0.15) is 16.5 Å². The van der Waals surface area contributed by atoms with Gasteiger partial charge < -0.3 is 0 Å². The van der Waals surface area contributed by atoms with E-state index < -0.39 is 26.6 Å². The maximum atomic E-state index is 13.6. The minimum atomic E-state index is -3.89. The lowest BCUT2D eigenvalue weighted by atomic mass is 9.96. The monoisotopic (exact) mass is 289 g/mol. The van der Waals surface area contributed by atoms with E-state index in [9.17, 15) is 17.2 Å². The Hall–Kier alpha value is -1.01. The minimum Gasteiger partial charge on any atom is -0.207 e. The highest BCUT2D eigenvalue weighted by atomic mass is 32.2. The van der Waals surface area contributed by atoms with Gasteiger partial charge >= 0.3 is 0 Å². The zero-order chi connectivity index (χ0) is 14.0. The van der Waals surface area contributed by atoms with Crippen molar-refractivity contribution in [1.82, 2.24) is 4.31 Å². The van der Waals surface area contributed by atoms with E-state index in [0.29, 0.717) is 6.07 Å². The molecule has 6 heteroatoms. The van der Waals surface area contributed by atoms with Crippen LogP contribution in [0, 0.1) is 11.6 Å². The molecule has 0 saturated heterocycles. The molecule has 0 amide bonds. The van der Waals surface area contributed by atoms with Crippen LogP contribution in [-0.2, 0) is 10.0 Å². The number of nitrogens with zero attached hydrogens (tertiary/aromatic N) is 1. The Morgan fingerprint density at radius 2 is 1.79 bits per heavy atom. The van der Waals surface area contributed by atoms with Gasteiger partial charge in [-0.1, -0.05) is 19.3 Å². The Balaban J connectivity index is 2.30. The van der Waals surface area contributed by atoms with Crippen LogP contribution in [0.5, 0.6) is 0 Å². The summed E-state index contributed by atoms with van der Waals surface area (Å²) < 4.78 is 52.3. The van der Waals surface area contributed by atoms with Crippen molar-refractivity contribution in [3.63, 3.8) is 0 Å². The van der Waals surface area contributed by atoms with Crippen LogP contribution in [0.2, 0.25) is 0 Å². The molecule has 1 saturated carbocycles. The molecule has 0 N–H and O–H groups in total. The molecular weight excluding hydrogens is 272 g/mol. The van der Waals surface area contributed by atoms with Crippen molar-refractivity contribution in [3.05, 3.63) is 29.8 Å². The Kier molecular flexibility index (Phi) is 4.20. The SMILES string of the molecule is CN(C1CCCCC1)S(=O)(=O)c1ccc(F)cc1F. The van der Waals surface area contributed by atoms with Crippen molar-refractivity contribution in [1.29, 1.82) is 0 Å². The molecule has 1 aliphatic rings. The van der Waals surface area contributed by atoms with E-state index in [1.807, 2.05) is 0 Å². The van der Waals surface area contributed by atoms with Gasteiger partial charge in [0.05, 0.1) is 0 Å². The van der Waals surface area contributed by atoms with E-state index in [1.54, 1.807) is 0 Å². The second-order valence-corrected chi connectivity index (χ2v) is 6.85. The molecule has 0 radical (unpaired) electrons. The van der Waals surface area contributed by atoms with Gasteiger partial charge in [-0.25, -0.2) is 17.2 Å². The molecule has 0 aromatic heterocycles. The van der Waals surface area contributed by atoms with Crippen LogP contribution in [-0.4, -0.2) is 25.8 Å². The van der Waals surface area contributed by atoms with Crippen LogP contribution in [0.4, 0.5) is 8.78 Å². The zero-order valence-corrected chi connectivity index (χ0v) is 11.6. The summed E-state index contributed by atoms with van der Waals surface area (Å²) in [6, 6.07) is 2.45. The first-order valence-electron chi connectivity index (χ1n) is 6.36. The molecule has 0 spiro atoms. The van der Waals surface area contributed by atoms with Gasteiger partial charge in [-0.3, -0.25) is 0 Å². The number of halogens is 2. The molecule has 1 aromatic carbocycles. The van der Waals surface area contributed by atoms with Gasteiger partial charge in [0.2, 0.25) is 10.0 Å². The topological polar surface area (TPSA) is 37.4 Å². The predicted octanol–water partition coefficient (Wildman–Crippen LogP) is 2.92. The van der Waals surface area contributed by atoms with Gasteiger partial charge in [-0.05, 0) is 25.0 Å². The van der Waals surface area contributed by atoms with Gasteiger partial charge in [-0.15, -0.1) is 0 Å². The summed E-state index contributed by atoms with van der Waals surface area (Å²) in [6.45, 7) is 0. The first kappa shape index (κ1) is 14.4. The predicted molar refractivity (Wildman–Crippen MR) is 68.2 cm³/mol. The molecule has 3 nitrogen and oxygen atoms in total. The third kappa shape index (κ3) is 2.95. The van der Waals surface area contributed by atoms with Gasteiger partial charge in [-0.2, -0.15) is 4.31 Å². The molecular formula is C13H17F2NO2S. The first-order valence-corrected chi connectivity index (χ1v) is 7.80. The van der Waals surface area contributed by atoms with Crippen molar-refractivity contribution < 1.29 is 17.2 Å². The summed E-state index contributed by atoms with van der Waals surface area (Å²) in [4.78, 5) is -0.457. The number of rotatable bonds is 3. The van der Waals surface area contributed by atoms with Gasteiger partial charge in [0.15, 0.2) is 0 Å². The fourth-order valence-corrected chi connectivity index (χ4v) is 3.94. The minimum absolute atomic E-state index is 0.0943. The molecule has 1 aliphatic carbocycles. The van der Waals surface area contributed by atoms with Crippen molar-refractivity contribution in [3.8, 4) is 0 Å². The quantitative estimate of drug-likeness (QED) is 0.858. The van der Waals surface area contributed by atoms with Crippen molar-refractivity contribution in [2.75, 3.05) is 7.05 Å². The average molecular weight is 289 g/mol. The molecule has 1 aromatic rings. The van der Waals surface area contributed by atoms with E-state index in [0.717, 1.165) is 44.2 Å². The van der Waals surface area contributed by atoms with E-state index in [-0.39, 0.29) is 6.04 Å². The summed E-state index contributed by atoms with van der Waals surface area (Å²) in [5.41, 5.74) is 0. The lowest BCUT2D eigenvalue weighted by molar-refractivity contribution is 0.285. The summed E-state index contributed by atoms with van der Waals surface area (Å²) in [6.07, 6.45) is 4.65. The summed E-state index contributed by atoms with van der Waals surface area (Å²) >= 11 is 0. The molecule has 19 heavy (non-hydrogen) atoms. The Labute approximate surface area is 112 Å². The number of sulfonamides is 1. The van der Waals surface area contributed by atoms with Crippen LogP contribution in [0.15, 0.2) is 23.1 Å². The van der Waals surface area contributed by atoms with Crippen LogP contribution >= 0.6 is 0 Å². The highest BCUT2D eigenvalue weighted by Gasteiger charge is 2.31. The molecule has 2 rings (SSSR count). The van der Waals surface area contributed by atoms with Gasteiger partial charge in [0, 0.05) is 19.2 Å². The fourth-order valence-electron chi connectivity index (χ4n) is 2.48. The van der Waals surface area contributed by atoms with E-state index in [1.165, 1.54) is 11.4 Å². The van der Waals surface area contributed by atoms with Crippen LogP contribution < -0.4 is 0 Å². The van der Waals surface area contributed by atoms with Crippen LogP contribution in [0.25, 0.3) is 0 Å². The van der Waals surface area contributed by atoms with Crippen LogP contribution in [0.1, 0.15) is 32.1 Å². The molecule has 0 aliphatic heterocycles. The molecule has 1 fully saturated rings. The van der Waals surface area contributed by atoms with Crippen molar-refractivity contribution in [2.45, 2.75) is 43.0 Å². The highest BCUT2D eigenvalue weighted by Crippen LogP contribution is 2.27. The lowest BCUT2D eigenvalue weighted by Gasteiger charge is -2.30. The lowest BCUT2D eigenvalue weighted by Crippen LogP contribution is -2.38. The average Bonchev–Trinajstić information content (AvgIpc) is 2.38. The first-order chi connectivity index (χ1) is 8.93. The molecule has 106 valence electrons. The second kappa shape index (κ2) is 5.54. The number of hydrogen-bond donors (Lipinski definition) is 0. The zero-order valence-electron chi connectivity index (χ0n) is 10.8. The summed E-state index contributed by atoms with van der Waals surface area (Å²) in [7, 11) is -2.43. The Bertz CT molecular complexity index is 554. The maximum absolute atomic E-state index is 13.6. The van der Waals surface area contributed by atoms with Crippen LogP contribution in [0.3, 0.4) is 0 Å². The smallest absolute Gasteiger partial charge is 0.207 e. The van der Waals surface area contributed by atoms with Crippen molar-refractivity contribution in [2.24, 2.45) is 0 Å². The third-order valence-electron chi connectivity index (χ3n) is 3.64. The molecule has 0 heterocycles. The largest absolute Gasteiger partial charge is 0.245 e. The van der Waals surface area contributed by atoms with Crippen molar-refractivity contribution >= 4 is 10.0 Å². The Morgan fingerprint density at radius 1 is 1.16 bits per heavy atom. The second-order valence-electron chi connectivity index (χ2n) is 4.89. The number of benzene rings is 1. The molecule has 0 bridgehead atoms. The maximum Gasteiger partial charge on any atom is 0.245 e. The standard InChI is InChI=1S/C13H17F2NO2S/c1-16(11-5-3-2-4-6-11)19(17,18)13-8-7-10(14)9-12(13)15/h7-9,11H,2-6H2,1H3. The fraction of sp³-hybridized carbons (Fsp3) is 0.538. The molecule has 0 atom stereocenters. The summed E-state index contributed by atoms with van der Waals surface area (Å²) in [5.74, 6) is -1.82. The normalized spacial score (nSPS) is 17.9. The third-order valence-corrected chi connectivity index (χ3v) is 5.58. The molecule has 0 unspecified atom stereocenters. The van der Waals surface area contributed by atoms with Gasteiger partial charge in [0.25, 0.3) is 0 Å². The summed E-state index contributed by atoms with van der Waals surface area (Å²) in [5, 5.41) is 0. The van der Waals surface area contributed by atoms with E-state index >= 15 is 0 Å². The Morgan fingerprint density at radius 3 is 2.37 bits per heavy atom. The van der Waals surface area contributed by atoms with E-state index in [2.05, 4.69) is 0 Å². The number of hydrogen-bond acceptors (Lipinski definition) is 2.